The molecule has 2 aromatic carbocycles. The van der Waals surface area contributed by atoms with Gasteiger partial charge in [-0.25, -0.2) is 4.39 Å². The van der Waals surface area contributed by atoms with E-state index in [2.05, 4.69) is 39.4 Å². The minimum atomic E-state index is -0.479. The zero-order valence-electron chi connectivity index (χ0n) is 14.6. The van der Waals surface area contributed by atoms with Gasteiger partial charge in [0, 0.05) is 24.7 Å². The van der Waals surface area contributed by atoms with Crippen LogP contribution in [-0.2, 0) is 11.3 Å². The molecule has 1 N–H and O–H groups in total. The van der Waals surface area contributed by atoms with Crippen molar-refractivity contribution in [3.05, 3.63) is 64.9 Å². The second-order valence-electron chi connectivity index (χ2n) is 6.56. The maximum atomic E-state index is 13.7. The second-order valence-corrected chi connectivity index (χ2v) is 7.00. The van der Waals surface area contributed by atoms with Gasteiger partial charge in [0.05, 0.1) is 12.2 Å². The Labute approximate surface area is 158 Å². The van der Waals surface area contributed by atoms with Crippen molar-refractivity contribution in [1.82, 2.24) is 9.80 Å². The lowest BCUT2D eigenvalue weighted by atomic mass is 10.2. The highest BCUT2D eigenvalue weighted by Crippen LogP contribution is 2.19. The molecule has 0 aromatic heterocycles. The van der Waals surface area contributed by atoms with Crippen LogP contribution in [0.4, 0.5) is 10.1 Å². The molecule has 0 atom stereocenters. The fraction of sp³-hybridized carbons (Fsp3) is 0.350. The number of hydrogen-bond donors (Lipinski definition) is 1. The second kappa shape index (κ2) is 9.12. The SMILES string of the molecule is O=C(CN1CCCN(Cc2ccccc2)CC1)Nc1cc(Cl)ccc1F. The maximum Gasteiger partial charge on any atom is 0.238 e. The van der Waals surface area contributed by atoms with Gasteiger partial charge in [-0.05, 0) is 43.3 Å². The number of halogens is 2. The van der Waals surface area contributed by atoms with Crippen molar-refractivity contribution in [3.8, 4) is 0 Å². The van der Waals surface area contributed by atoms with Crippen LogP contribution in [0.15, 0.2) is 48.5 Å². The fourth-order valence-electron chi connectivity index (χ4n) is 3.17. The smallest absolute Gasteiger partial charge is 0.238 e. The van der Waals surface area contributed by atoms with E-state index in [1.165, 1.54) is 23.8 Å². The van der Waals surface area contributed by atoms with Gasteiger partial charge in [-0.3, -0.25) is 14.6 Å². The quantitative estimate of drug-likeness (QED) is 0.866. The van der Waals surface area contributed by atoms with E-state index in [4.69, 9.17) is 11.6 Å². The highest BCUT2D eigenvalue weighted by Gasteiger charge is 2.18. The number of carbonyl (C=O) groups excluding carboxylic acids is 1. The number of hydrogen-bond acceptors (Lipinski definition) is 3. The highest BCUT2D eigenvalue weighted by atomic mass is 35.5. The monoisotopic (exact) mass is 375 g/mol. The Hall–Kier alpha value is -1.95. The summed E-state index contributed by atoms with van der Waals surface area (Å²) in [5.41, 5.74) is 1.43. The summed E-state index contributed by atoms with van der Waals surface area (Å²) in [6.45, 7) is 4.78. The summed E-state index contributed by atoms with van der Waals surface area (Å²) in [6, 6.07) is 14.5. The molecule has 0 radical (unpaired) electrons. The zero-order valence-corrected chi connectivity index (χ0v) is 15.4. The molecule has 0 aliphatic carbocycles. The van der Waals surface area contributed by atoms with Gasteiger partial charge in [-0.15, -0.1) is 0 Å². The average Bonchev–Trinajstić information content (AvgIpc) is 2.84. The molecule has 1 aliphatic heterocycles. The normalized spacial score (nSPS) is 16.2. The summed E-state index contributed by atoms with van der Waals surface area (Å²) in [5.74, 6) is -0.699. The predicted octanol–water partition coefficient (Wildman–Crippen LogP) is 3.63. The number of anilines is 1. The summed E-state index contributed by atoms with van der Waals surface area (Å²) < 4.78 is 13.7. The van der Waals surface area contributed by atoms with Crippen LogP contribution in [0.3, 0.4) is 0 Å². The Morgan fingerprint density at radius 1 is 1.04 bits per heavy atom. The van der Waals surface area contributed by atoms with Crippen molar-refractivity contribution >= 4 is 23.2 Å². The standard InChI is InChI=1S/C20H23ClFN3O/c21-17-7-8-18(22)19(13-17)23-20(26)15-25-10-4-9-24(11-12-25)14-16-5-2-1-3-6-16/h1-3,5-8,13H,4,9-12,14-15H2,(H,23,26). The molecule has 2 aromatic rings. The molecule has 1 amide bonds. The summed E-state index contributed by atoms with van der Waals surface area (Å²) in [6.07, 6.45) is 1.01. The molecule has 1 fully saturated rings. The van der Waals surface area contributed by atoms with E-state index in [9.17, 15) is 9.18 Å². The van der Waals surface area contributed by atoms with Gasteiger partial charge < -0.3 is 5.32 Å². The third kappa shape index (κ3) is 5.53. The average molecular weight is 376 g/mol. The first-order valence-corrected chi connectivity index (χ1v) is 9.21. The Bertz CT molecular complexity index is 741. The third-order valence-electron chi connectivity index (χ3n) is 4.50. The van der Waals surface area contributed by atoms with Gasteiger partial charge in [0.2, 0.25) is 5.91 Å². The van der Waals surface area contributed by atoms with Crippen molar-refractivity contribution in [2.24, 2.45) is 0 Å². The largest absolute Gasteiger partial charge is 0.322 e. The number of nitrogens with zero attached hydrogens (tertiary/aromatic N) is 2. The lowest BCUT2D eigenvalue weighted by Gasteiger charge is -2.21. The van der Waals surface area contributed by atoms with Crippen molar-refractivity contribution in [2.75, 3.05) is 38.0 Å². The molecule has 6 heteroatoms. The van der Waals surface area contributed by atoms with Crippen LogP contribution < -0.4 is 5.32 Å². The molecular formula is C20H23ClFN3O. The number of nitrogens with one attached hydrogen (secondary N) is 1. The maximum absolute atomic E-state index is 13.7. The lowest BCUT2D eigenvalue weighted by molar-refractivity contribution is -0.117. The first kappa shape index (κ1) is 18.8. The van der Waals surface area contributed by atoms with Gasteiger partial charge >= 0.3 is 0 Å². The van der Waals surface area contributed by atoms with Crippen molar-refractivity contribution in [1.29, 1.82) is 0 Å². The van der Waals surface area contributed by atoms with E-state index in [0.29, 0.717) is 5.02 Å². The molecule has 0 bridgehead atoms. The van der Waals surface area contributed by atoms with Crippen LogP contribution in [-0.4, -0.2) is 48.4 Å². The lowest BCUT2D eigenvalue weighted by Crippen LogP contribution is -2.36. The Morgan fingerprint density at radius 2 is 1.77 bits per heavy atom. The van der Waals surface area contributed by atoms with Crippen LogP contribution >= 0.6 is 11.6 Å². The van der Waals surface area contributed by atoms with Gasteiger partial charge in [-0.1, -0.05) is 41.9 Å². The fourth-order valence-corrected chi connectivity index (χ4v) is 3.34. The Kier molecular flexibility index (Phi) is 6.61. The Morgan fingerprint density at radius 3 is 2.58 bits per heavy atom. The van der Waals surface area contributed by atoms with Gasteiger partial charge in [0.15, 0.2) is 0 Å². The Balaban J connectivity index is 1.49. The molecule has 1 saturated heterocycles. The van der Waals surface area contributed by atoms with E-state index in [1.54, 1.807) is 0 Å². The van der Waals surface area contributed by atoms with Crippen LogP contribution in [0.2, 0.25) is 5.02 Å². The summed E-state index contributed by atoms with van der Waals surface area (Å²) >= 11 is 5.86. The van der Waals surface area contributed by atoms with Crippen molar-refractivity contribution in [2.45, 2.75) is 13.0 Å². The first-order chi connectivity index (χ1) is 12.6. The van der Waals surface area contributed by atoms with E-state index in [1.807, 2.05) is 6.07 Å². The van der Waals surface area contributed by atoms with Gasteiger partial charge in [0.25, 0.3) is 0 Å². The molecule has 4 nitrogen and oxygen atoms in total. The summed E-state index contributed by atoms with van der Waals surface area (Å²) in [7, 11) is 0. The summed E-state index contributed by atoms with van der Waals surface area (Å²) in [5, 5.41) is 3.01. The number of amides is 1. The molecular weight excluding hydrogens is 353 g/mol. The van der Waals surface area contributed by atoms with Crippen LogP contribution in [0.5, 0.6) is 0 Å². The molecule has 0 unspecified atom stereocenters. The van der Waals surface area contributed by atoms with Crippen LogP contribution in [0, 0.1) is 5.82 Å². The zero-order chi connectivity index (χ0) is 18.4. The highest BCUT2D eigenvalue weighted by molar-refractivity contribution is 6.30. The minimum Gasteiger partial charge on any atom is -0.322 e. The van der Waals surface area contributed by atoms with E-state index >= 15 is 0 Å². The third-order valence-corrected chi connectivity index (χ3v) is 4.73. The van der Waals surface area contributed by atoms with Gasteiger partial charge in [0.1, 0.15) is 5.82 Å². The van der Waals surface area contributed by atoms with Crippen molar-refractivity contribution < 1.29 is 9.18 Å². The van der Waals surface area contributed by atoms with Gasteiger partial charge in [-0.2, -0.15) is 0 Å². The van der Waals surface area contributed by atoms with Crippen molar-refractivity contribution in [3.63, 3.8) is 0 Å². The molecule has 1 aliphatic rings. The number of benzene rings is 2. The van der Waals surface area contributed by atoms with Crippen LogP contribution in [0.25, 0.3) is 0 Å². The van der Waals surface area contributed by atoms with E-state index < -0.39 is 5.82 Å². The molecule has 138 valence electrons. The topological polar surface area (TPSA) is 35.6 Å². The molecule has 0 saturated carbocycles. The first-order valence-electron chi connectivity index (χ1n) is 8.84. The number of rotatable bonds is 5. The summed E-state index contributed by atoms with van der Waals surface area (Å²) in [4.78, 5) is 16.8. The van der Waals surface area contributed by atoms with Crippen LogP contribution in [0.1, 0.15) is 12.0 Å². The number of carbonyl (C=O) groups is 1. The molecule has 1 heterocycles. The molecule has 0 spiro atoms. The molecule has 26 heavy (non-hydrogen) atoms. The van der Waals surface area contributed by atoms with E-state index in [-0.39, 0.29) is 18.1 Å². The molecule has 3 rings (SSSR count). The minimum absolute atomic E-state index is 0.128. The van der Waals surface area contributed by atoms with E-state index in [0.717, 1.165) is 39.1 Å². The predicted molar refractivity (Wildman–Crippen MR) is 103 cm³/mol.